The van der Waals surface area contributed by atoms with Crippen LogP contribution in [-0.2, 0) is 5.41 Å². The van der Waals surface area contributed by atoms with Crippen LogP contribution in [-0.4, -0.2) is 0 Å². The van der Waals surface area contributed by atoms with Crippen molar-refractivity contribution >= 4 is 0 Å². The van der Waals surface area contributed by atoms with E-state index in [1.54, 1.807) is 0 Å². The van der Waals surface area contributed by atoms with Crippen molar-refractivity contribution in [3.05, 3.63) is 48.0 Å². The Kier molecular flexibility index (Phi) is 2.01. The van der Waals surface area contributed by atoms with Crippen molar-refractivity contribution in [1.82, 2.24) is 0 Å². The minimum atomic E-state index is -0.209. The standard InChI is InChI=1S/C17H17N/c18-11-17(14-4-2-1-3-5-14)9-15-12-6-7-13(8-12)16(15)10-17/h1-7,12-13,15-16H,8-10H2/t12-,13-,15-,16+,17?/m0/s1. The molecule has 1 aromatic carbocycles. The van der Waals surface area contributed by atoms with E-state index in [1.807, 2.05) is 6.07 Å². The summed E-state index contributed by atoms with van der Waals surface area (Å²) in [6.45, 7) is 0. The Morgan fingerprint density at radius 3 is 2.17 bits per heavy atom. The van der Waals surface area contributed by atoms with Crippen LogP contribution < -0.4 is 0 Å². The number of benzene rings is 1. The van der Waals surface area contributed by atoms with Crippen LogP contribution in [0.3, 0.4) is 0 Å². The molecule has 0 saturated heterocycles. The van der Waals surface area contributed by atoms with Crippen LogP contribution in [0.4, 0.5) is 0 Å². The van der Waals surface area contributed by atoms with Crippen LogP contribution in [0.5, 0.6) is 0 Å². The Morgan fingerprint density at radius 1 is 1.00 bits per heavy atom. The van der Waals surface area contributed by atoms with Gasteiger partial charge < -0.3 is 0 Å². The molecule has 3 aliphatic carbocycles. The fourth-order valence-corrected chi connectivity index (χ4v) is 4.67. The Balaban J connectivity index is 1.72. The van der Waals surface area contributed by atoms with E-state index in [1.165, 1.54) is 12.0 Å². The molecule has 0 amide bonds. The number of rotatable bonds is 1. The molecule has 5 atom stereocenters. The molecule has 18 heavy (non-hydrogen) atoms. The van der Waals surface area contributed by atoms with Crippen LogP contribution in [0.15, 0.2) is 42.5 Å². The zero-order valence-electron chi connectivity index (χ0n) is 10.4. The van der Waals surface area contributed by atoms with Crippen LogP contribution in [0.2, 0.25) is 0 Å². The summed E-state index contributed by atoms with van der Waals surface area (Å²) in [6.07, 6.45) is 8.31. The molecule has 90 valence electrons. The highest BCUT2D eigenvalue weighted by Gasteiger charge is 2.55. The predicted octanol–water partition coefficient (Wildman–Crippen LogP) is 3.68. The van der Waals surface area contributed by atoms with Gasteiger partial charge in [-0.05, 0) is 48.5 Å². The van der Waals surface area contributed by atoms with Gasteiger partial charge >= 0.3 is 0 Å². The van der Waals surface area contributed by atoms with Gasteiger partial charge in [0.15, 0.2) is 0 Å². The molecule has 0 aliphatic heterocycles. The van der Waals surface area contributed by atoms with Gasteiger partial charge in [0.25, 0.3) is 0 Å². The van der Waals surface area contributed by atoms with E-state index < -0.39 is 0 Å². The van der Waals surface area contributed by atoms with Gasteiger partial charge in [0.1, 0.15) is 0 Å². The molecule has 0 N–H and O–H groups in total. The summed E-state index contributed by atoms with van der Waals surface area (Å²) in [6, 6.07) is 13.1. The van der Waals surface area contributed by atoms with Crippen molar-refractivity contribution in [3.63, 3.8) is 0 Å². The summed E-state index contributed by atoms with van der Waals surface area (Å²) in [4.78, 5) is 0. The highest BCUT2D eigenvalue weighted by Crippen LogP contribution is 2.61. The number of nitrogens with zero attached hydrogens (tertiary/aromatic N) is 1. The van der Waals surface area contributed by atoms with Crippen molar-refractivity contribution < 1.29 is 0 Å². The lowest BCUT2D eigenvalue weighted by atomic mass is 9.77. The summed E-state index contributed by atoms with van der Waals surface area (Å²) in [5.41, 5.74) is 1.03. The van der Waals surface area contributed by atoms with Gasteiger partial charge in [-0.2, -0.15) is 5.26 Å². The molecular weight excluding hydrogens is 218 g/mol. The van der Waals surface area contributed by atoms with E-state index in [0.29, 0.717) is 0 Å². The average molecular weight is 235 g/mol. The third-order valence-electron chi connectivity index (χ3n) is 5.51. The summed E-state index contributed by atoms with van der Waals surface area (Å²) >= 11 is 0. The Bertz CT molecular complexity index is 516. The van der Waals surface area contributed by atoms with E-state index in [4.69, 9.17) is 0 Å². The average Bonchev–Trinajstić information content (AvgIpc) is 3.11. The third-order valence-corrected chi connectivity index (χ3v) is 5.51. The highest BCUT2D eigenvalue weighted by molar-refractivity contribution is 5.36. The Hall–Kier alpha value is -1.55. The van der Waals surface area contributed by atoms with Crippen molar-refractivity contribution in [1.29, 1.82) is 5.26 Å². The number of fused-ring (bicyclic) bond motifs is 5. The number of allylic oxidation sites excluding steroid dienone is 2. The minimum absolute atomic E-state index is 0.209. The summed E-state index contributed by atoms with van der Waals surface area (Å²) in [5, 5.41) is 9.75. The van der Waals surface area contributed by atoms with Gasteiger partial charge in [0, 0.05) is 0 Å². The molecule has 0 aromatic heterocycles. The van der Waals surface area contributed by atoms with E-state index >= 15 is 0 Å². The Labute approximate surface area is 108 Å². The van der Waals surface area contributed by atoms with Gasteiger partial charge in [-0.1, -0.05) is 42.5 Å². The summed E-state index contributed by atoms with van der Waals surface area (Å²) in [7, 11) is 0. The molecule has 2 saturated carbocycles. The minimum Gasteiger partial charge on any atom is -0.197 e. The normalized spacial score (nSPS) is 43.9. The lowest BCUT2D eigenvalue weighted by Crippen LogP contribution is -2.21. The molecule has 1 nitrogen and oxygen atoms in total. The van der Waals surface area contributed by atoms with Crippen LogP contribution in [0.1, 0.15) is 24.8 Å². The third kappa shape index (κ3) is 1.21. The molecule has 0 spiro atoms. The smallest absolute Gasteiger partial charge is 0.0828 e. The molecule has 3 aliphatic rings. The van der Waals surface area contributed by atoms with Gasteiger partial charge in [0.05, 0.1) is 11.5 Å². The lowest BCUT2D eigenvalue weighted by Gasteiger charge is -2.23. The number of hydrogen-bond donors (Lipinski definition) is 0. The fourth-order valence-electron chi connectivity index (χ4n) is 4.67. The molecular formula is C17H17N. The van der Waals surface area contributed by atoms with E-state index in [2.05, 4.69) is 42.5 Å². The van der Waals surface area contributed by atoms with E-state index in [-0.39, 0.29) is 5.41 Å². The van der Waals surface area contributed by atoms with Crippen LogP contribution in [0, 0.1) is 35.0 Å². The first-order valence-electron chi connectivity index (χ1n) is 6.97. The first-order valence-corrected chi connectivity index (χ1v) is 6.97. The predicted molar refractivity (Wildman–Crippen MR) is 70.7 cm³/mol. The van der Waals surface area contributed by atoms with Gasteiger partial charge in [-0.25, -0.2) is 0 Å². The molecule has 2 fully saturated rings. The topological polar surface area (TPSA) is 23.8 Å². The fraction of sp³-hybridized carbons (Fsp3) is 0.471. The molecule has 0 radical (unpaired) electrons. The second-order valence-corrected chi connectivity index (χ2v) is 6.24. The summed E-state index contributed by atoms with van der Waals surface area (Å²) < 4.78 is 0. The zero-order valence-corrected chi connectivity index (χ0v) is 10.4. The number of nitriles is 1. The molecule has 1 aromatic rings. The lowest BCUT2D eigenvalue weighted by molar-refractivity contribution is 0.364. The largest absolute Gasteiger partial charge is 0.197 e. The SMILES string of the molecule is N#CC1(c2ccccc2)C[C@@H]2[C@H](C1)[C@H]1C=C[C@H]2C1. The molecule has 1 heteroatoms. The molecule has 4 rings (SSSR count). The van der Waals surface area contributed by atoms with Crippen LogP contribution >= 0.6 is 0 Å². The van der Waals surface area contributed by atoms with Crippen molar-refractivity contribution in [2.24, 2.45) is 23.7 Å². The van der Waals surface area contributed by atoms with Gasteiger partial charge in [-0.3, -0.25) is 0 Å². The summed E-state index contributed by atoms with van der Waals surface area (Å²) in [5.74, 6) is 3.05. The van der Waals surface area contributed by atoms with E-state index in [0.717, 1.165) is 36.5 Å². The van der Waals surface area contributed by atoms with Crippen LogP contribution in [0.25, 0.3) is 0 Å². The molecule has 2 bridgehead atoms. The van der Waals surface area contributed by atoms with Gasteiger partial charge in [0.2, 0.25) is 0 Å². The molecule has 1 unspecified atom stereocenters. The Morgan fingerprint density at radius 2 is 1.61 bits per heavy atom. The maximum atomic E-state index is 9.75. The maximum absolute atomic E-state index is 9.75. The zero-order chi connectivity index (χ0) is 12.2. The second-order valence-electron chi connectivity index (χ2n) is 6.24. The first-order chi connectivity index (χ1) is 8.82. The monoisotopic (exact) mass is 235 g/mol. The first kappa shape index (κ1) is 10.4. The number of hydrogen-bond acceptors (Lipinski definition) is 1. The van der Waals surface area contributed by atoms with Crippen molar-refractivity contribution in [3.8, 4) is 6.07 Å². The van der Waals surface area contributed by atoms with E-state index in [9.17, 15) is 5.26 Å². The second kappa shape index (κ2) is 3.48. The highest BCUT2D eigenvalue weighted by atomic mass is 14.6. The maximum Gasteiger partial charge on any atom is 0.0828 e. The molecule has 0 heterocycles. The van der Waals surface area contributed by atoms with Crippen molar-refractivity contribution in [2.45, 2.75) is 24.7 Å². The quantitative estimate of drug-likeness (QED) is 0.681. The van der Waals surface area contributed by atoms with Crippen molar-refractivity contribution in [2.75, 3.05) is 0 Å². The van der Waals surface area contributed by atoms with Gasteiger partial charge in [-0.15, -0.1) is 0 Å².